The Hall–Kier alpha value is -1.11. The molecule has 20 heavy (non-hydrogen) atoms. The number of rotatable bonds is 6. The summed E-state index contributed by atoms with van der Waals surface area (Å²) in [5.41, 5.74) is 5.60. The number of hydrogen-bond donors (Lipinski definition) is 2. The minimum absolute atomic E-state index is 0. The maximum absolute atomic E-state index is 12.8. The maximum Gasteiger partial charge on any atom is 0.277 e. The molecule has 1 aromatic carbocycles. The van der Waals surface area contributed by atoms with Crippen molar-refractivity contribution in [2.45, 2.75) is 12.8 Å². The average molecular weight is 329 g/mol. The number of aryl methyl sites for hydroxylation is 1. The van der Waals surface area contributed by atoms with Crippen LogP contribution in [0.4, 0.5) is 8.78 Å². The van der Waals surface area contributed by atoms with Crippen molar-refractivity contribution >= 4 is 29.9 Å². The summed E-state index contributed by atoms with van der Waals surface area (Å²) < 4.78 is 30.8. The van der Waals surface area contributed by atoms with E-state index in [0.717, 1.165) is 5.56 Å². The zero-order chi connectivity index (χ0) is 14.5. The maximum atomic E-state index is 12.8. The number of benzene rings is 1. The van der Waals surface area contributed by atoms with Crippen LogP contribution in [0.25, 0.3) is 0 Å². The van der Waals surface area contributed by atoms with Gasteiger partial charge in [-0.1, -0.05) is 11.6 Å². The third kappa shape index (κ3) is 6.36. The van der Waals surface area contributed by atoms with Crippen LogP contribution >= 0.6 is 24.0 Å². The van der Waals surface area contributed by atoms with Gasteiger partial charge in [0, 0.05) is 5.02 Å². The van der Waals surface area contributed by atoms with Crippen LogP contribution in [-0.4, -0.2) is 31.5 Å². The summed E-state index contributed by atoms with van der Waals surface area (Å²) in [6, 6.07) is 4.90. The van der Waals surface area contributed by atoms with E-state index in [9.17, 15) is 13.6 Å². The monoisotopic (exact) mass is 328 g/mol. The van der Waals surface area contributed by atoms with E-state index in [1.165, 1.54) is 0 Å². The lowest BCUT2D eigenvalue weighted by molar-refractivity contribution is -0.124. The fourth-order valence-electron chi connectivity index (χ4n) is 1.27. The van der Waals surface area contributed by atoms with Crippen LogP contribution in [0.2, 0.25) is 5.02 Å². The third-order valence-electron chi connectivity index (χ3n) is 2.34. The first kappa shape index (κ1) is 18.9. The van der Waals surface area contributed by atoms with Gasteiger partial charge in [0.1, 0.15) is 5.75 Å². The molecule has 0 unspecified atom stereocenters. The molecule has 8 heteroatoms. The fourth-order valence-corrected chi connectivity index (χ4v) is 1.50. The van der Waals surface area contributed by atoms with Crippen LogP contribution in [0, 0.1) is 6.92 Å². The summed E-state index contributed by atoms with van der Waals surface area (Å²) in [4.78, 5) is 11.3. The normalized spacial score (nSPS) is 10.7. The molecule has 0 fully saturated rings. The molecule has 3 N–H and O–H groups in total. The Morgan fingerprint density at radius 2 is 2.15 bits per heavy atom. The molecule has 0 spiro atoms. The predicted octanol–water partition coefficient (Wildman–Crippen LogP) is 2.16. The van der Waals surface area contributed by atoms with E-state index in [4.69, 9.17) is 22.1 Å². The Bertz CT molecular complexity index is 459. The van der Waals surface area contributed by atoms with Gasteiger partial charge in [-0.05, 0) is 30.7 Å². The number of nitrogens with two attached hydrogens (primary N) is 1. The smallest absolute Gasteiger partial charge is 0.277 e. The summed E-state index contributed by atoms with van der Waals surface area (Å²) >= 11 is 5.77. The van der Waals surface area contributed by atoms with Gasteiger partial charge in [0.25, 0.3) is 11.8 Å². The van der Waals surface area contributed by atoms with Crippen molar-refractivity contribution < 1.29 is 18.3 Å². The number of hydrogen-bond acceptors (Lipinski definition) is 3. The van der Waals surface area contributed by atoms with Gasteiger partial charge in [-0.2, -0.15) is 0 Å². The SMILES string of the molecule is Cc1cc(Cl)ccc1OCC(=O)NCC(F)(F)CN.Cl. The second-order valence-electron chi connectivity index (χ2n) is 4.04. The van der Waals surface area contributed by atoms with Crippen LogP contribution in [0.5, 0.6) is 5.75 Å². The van der Waals surface area contributed by atoms with Crippen LogP contribution in [0.1, 0.15) is 5.56 Å². The van der Waals surface area contributed by atoms with Crippen molar-refractivity contribution in [3.05, 3.63) is 28.8 Å². The number of carbonyl (C=O) groups excluding carboxylic acids is 1. The molecule has 0 aliphatic rings. The summed E-state index contributed by atoms with van der Waals surface area (Å²) in [7, 11) is 0. The van der Waals surface area contributed by atoms with E-state index in [1.807, 2.05) is 0 Å². The second kappa shape index (κ2) is 8.24. The second-order valence-corrected chi connectivity index (χ2v) is 4.47. The lowest BCUT2D eigenvalue weighted by Crippen LogP contribution is -2.43. The highest BCUT2D eigenvalue weighted by Gasteiger charge is 2.27. The Morgan fingerprint density at radius 1 is 1.50 bits per heavy atom. The standard InChI is InChI=1S/C12H15ClF2N2O2.ClH/c1-8-4-9(13)2-3-10(8)19-5-11(18)17-7-12(14,15)6-16;/h2-4H,5-7,16H2,1H3,(H,17,18);1H. The minimum Gasteiger partial charge on any atom is -0.484 e. The van der Waals surface area contributed by atoms with E-state index < -0.39 is 24.9 Å². The molecule has 0 heterocycles. The third-order valence-corrected chi connectivity index (χ3v) is 2.57. The number of amides is 1. The van der Waals surface area contributed by atoms with Crippen molar-refractivity contribution in [1.29, 1.82) is 0 Å². The molecule has 4 nitrogen and oxygen atoms in total. The van der Waals surface area contributed by atoms with Crippen LogP contribution in [0.3, 0.4) is 0 Å². The lowest BCUT2D eigenvalue weighted by atomic mass is 10.2. The zero-order valence-corrected chi connectivity index (χ0v) is 12.4. The van der Waals surface area contributed by atoms with Gasteiger partial charge in [-0.15, -0.1) is 12.4 Å². The molecule has 0 aromatic heterocycles. The first-order valence-electron chi connectivity index (χ1n) is 5.57. The van der Waals surface area contributed by atoms with Gasteiger partial charge < -0.3 is 15.8 Å². The molecule has 0 aliphatic heterocycles. The highest BCUT2D eigenvalue weighted by Crippen LogP contribution is 2.21. The van der Waals surface area contributed by atoms with Crippen molar-refractivity contribution in [3.8, 4) is 5.75 Å². The highest BCUT2D eigenvalue weighted by atomic mass is 35.5. The molecular formula is C12H16Cl2F2N2O2. The van der Waals surface area contributed by atoms with Crippen molar-refractivity contribution in [1.82, 2.24) is 5.32 Å². The summed E-state index contributed by atoms with van der Waals surface area (Å²) in [6.45, 7) is -0.194. The van der Waals surface area contributed by atoms with Gasteiger partial charge >= 0.3 is 0 Å². The van der Waals surface area contributed by atoms with Crippen LogP contribution < -0.4 is 15.8 Å². The zero-order valence-electron chi connectivity index (χ0n) is 10.8. The number of carbonyl (C=O) groups is 1. The average Bonchev–Trinajstić information content (AvgIpc) is 2.35. The number of alkyl halides is 2. The molecule has 1 rings (SSSR count). The molecule has 0 atom stereocenters. The van der Waals surface area contributed by atoms with E-state index in [-0.39, 0.29) is 19.0 Å². The van der Waals surface area contributed by atoms with Crippen LogP contribution in [-0.2, 0) is 4.79 Å². The molecule has 1 amide bonds. The number of halogens is 4. The summed E-state index contributed by atoms with van der Waals surface area (Å²) in [5, 5.41) is 2.61. The van der Waals surface area contributed by atoms with Crippen LogP contribution in [0.15, 0.2) is 18.2 Å². The Kier molecular flexibility index (Phi) is 7.78. The van der Waals surface area contributed by atoms with E-state index in [2.05, 4.69) is 5.32 Å². The van der Waals surface area contributed by atoms with Crippen molar-refractivity contribution in [2.24, 2.45) is 5.73 Å². The molecule has 0 bridgehead atoms. The van der Waals surface area contributed by atoms with E-state index in [1.54, 1.807) is 25.1 Å². The van der Waals surface area contributed by atoms with Gasteiger partial charge in [0.2, 0.25) is 0 Å². The minimum atomic E-state index is -3.11. The number of nitrogens with one attached hydrogen (secondary N) is 1. The quantitative estimate of drug-likeness (QED) is 0.841. The molecule has 0 saturated heterocycles. The molecular weight excluding hydrogens is 313 g/mol. The molecule has 0 radical (unpaired) electrons. The van der Waals surface area contributed by atoms with Crippen molar-refractivity contribution in [3.63, 3.8) is 0 Å². The first-order chi connectivity index (χ1) is 8.84. The Balaban J connectivity index is 0.00000361. The lowest BCUT2D eigenvalue weighted by Gasteiger charge is -2.15. The Morgan fingerprint density at radius 3 is 2.70 bits per heavy atom. The molecule has 0 aliphatic carbocycles. The predicted molar refractivity (Wildman–Crippen MR) is 75.9 cm³/mol. The summed E-state index contributed by atoms with van der Waals surface area (Å²) in [6.07, 6.45) is 0. The fraction of sp³-hybridized carbons (Fsp3) is 0.417. The largest absolute Gasteiger partial charge is 0.484 e. The van der Waals surface area contributed by atoms with Gasteiger partial charge in [-0.3, -0.25) is 4.79 Å². The molecule has 114 valence electrons. The van der Waals surface area contributed by atoms with E-state index >= 15 is 0 Å². The Labute approximate surface area is 127 Å². The van der Waals surface area contributed by atoms with Gasteiger partial charge in [0.05, 0.1) is 13.1 Å². The molecule has 1 aromatic rings. The summed E-state index contributed by atoms with van der Waals surface area (Å²) in [5.74, 6) is -3.26. The molecule has 0 saturated carbocycles. The van der Waals surface area contributed by atoms with Crippen molar-refractivity contribution in [2.75, 3.05) is 19.7 Å². The highest BCUT2D eigenvalue weighted by molar-refractivity contribution is 6.30. The first-order valence-corrected chi connectivity index (χ1v) is 5.95. The number of ether oxygens (including phenoxy) is 1. The van der Waals surface area contributed by atoms with E-state index in [0.29, 0.717) is 10.8 Å². The van der Waals surface area contributed by atoms with Gasteiger partial charge in [-0.25, -0.2) is 8.78 Å². The van der Waals surface area contributed by atoms with Gasteiger partial charge in [0.15, 0.2) is 6.61 Å². The topological polar surface area (TPSA) is 64.3 Å².